The Morgan fingerprint density at radius 1 is 1.03 bits per heavy atom. The minimum atomic E-state index is -1.06. The van der Waals surface area contributed by atoms with Gasteiger partial charge in [-0.05, 0) is 12.1 Å². The van der Waals surface area contributed by atoms with E-state index in [0.29, 0.717) is 31.0 Å². The number of carboxylic acid groups (broad SMARTS) is 1. The zero-order valence-corrected chi connectivity index (χ0v) is 16.2. The highest BCUT2D eigenvalue weighted by Gasteiger charge is 2.25. The molecule has 0 spiro atoms. The van der Waals surface area contributed by atoms with E-state index in [-0.39, 0.29) is 12.5 Å². The van der Waals surface area contributed by atoms with Gasteiger partial charge in [0, 0.05) is 42.4 Å². The molecule has 2 heterocycles. The number of H-pyrrole nitrogens is 1. The van der Waals surface area contributed by atoms with E-state index < -0.39 is 12.6 Å². The zero-order chi connectivity index (χ0) is 20.9. The Morgan fingerprint density at radius 2 is 1.77 bits per heavy atom. The highest BCUT2D eigenvalue weighted by atomic mass is 16.5. The lowest BCUT2D eigenvalue weighted by atomic mass is 10.0. The Bertz CT molecular complexity index is 1050. The van der Waals surface area contributed by atoms with E-state index in [9.17, 15) is 9.59 Å². The average Bonchev–Trinajstić information content (AvgIpc) is 3.20. The Kier molecular flexibility index (Phi) is 5.65. The van der Waals surface area contributed by atoms with E-state index in [1.165, 1.54) is 0 Å². The summed E-state index contributed by atoms with van der Waals surface area (Å²) >= 11 is 0. The van der Waals surface area contributed by atoms with Crippen LogP contribution in [0.3, 0.4) is 0 Å². The largest absolute Gasteiger partial charge is 0.484 e. The highest BCUT2D eigenvalue weighted by molar-refractivity contribution is 5.78. The summed E-state index contributed by atoms with van der Waals surface area (Å²) in [4.78, 5) is 25.1. The molecule has 0 unspecified atom stereocenters. The molecule has 1 aliphatic rings. The first kappa shape index (κ1) is 19.5. The van der Waals surface area contributed by atoms with Gasteiger partial charge in [-0.1, -0.05) is 36.4 Å². The number of carbonyl (C=O) groups is 2. The number of fused-ring (bicyclic) bond motifs is 1. The first-order valence-electron chi connectivity index (χ1n) is 9.57. The second kappa shape index (κ2) is 8.69. The maximum absolute atomic E-state index is 12.7. The van der Waals surface area contributed by atoms with Crippen LogP contribution in [0.25, 0.3) is 11.3 Å². The molecule has 0 atom stereocenters. The van der Waals surface area contributed by atoms with Crippen LogP contribution < -0.4 is 9.47 Å². The number of nitrogens with one attached hydrogen (secondary N) is 1. The molecule has 4 rings (SSSR count). The van der Waals surface area contributed by atoms with Crippen molar-refractivity contribution in [1.82, 2.24) is 15.1 Å². The minimum absolute atomic E-state index is 0.115. The first-order chi connectivity index (χ1) is 14.6. The number of amides is 1. The Balaban J connectivity index is 1.39. The number of carboxylic acids is 1. The van der Waals surface area contributed by atoms with Crippen molar-refractivity contribution in [1.29, 1.82) is 0 Å². The van der Waals surface area contributed by atoms with Gasteiger partial charge < -0.3 is 19.5 Å². The number of hydrogen-bond donors (Lipinski definition) is 2. The van der Waals surface area contributed by atoms with E-state index in [4.69, 9.17) is 14.6 Å². The standard InChI is InChI=1S/C22H21N3O5/c26-20(13-29-16-7-4-8-17(11-16)30-14-21(27)28)25-10-9-19-18(12-25)22(24-23-19)15-5-2-1-3-6-15/h1-8,11H,9-10,12-14H2,(H,23,24)(H,27,28). The minimum Gasteiger partial charge on any atom is -0.484 e. The molecule has 1 aliphatic heterocycles. The molecule has 0 saturated carbocycles. The van der Waals surface area contributed by atoms with Crippen molar-refractivity contribution >= 4 is 11.9 Å². The maximum atomic E-state index is 12.7. The molecule has 0 radical (unpaired) electrons. The number of aromatic amines is 1. The third kappa shape index (κ3) is 4.43. The van der Waals surface area contributed by atoms with Crippen LogP contribution in [0.1, 0.15) is 11.3 Å². The summed E-state index contributed by atoms with van der Waals surface area (Å²) in [5, 5.41) is 16.2. The molecule has 30 heavy (non-hydrogen) atoms. The van der Waals surface area contributed by atoms with Crippen molar-refractivity contribution in [2.24, 2.45) is 0 Å². The molecule has 0 saturated heterocycles. The van der Waals surface area contributed by atoms with Gasteiger partial charge >= 0.3 is 5.97 Å². The van der Waals surface area contributed by atoms with Gasteiger partial charge in [0.2, 0.25) is 0 Å². The molecular formula is C22H21N3O5. The molecule has 2 N–H and O–H groups in total. The summed E-state index contributed by atoms with van der Waals surface area (Å²) < 4.78 is 10.7. The summed E-state index contributed by atoms with van der Waals surface area (Å²) in [5.41, 5.74) is 3.97. The fourth-order valence-corrected chi connectivity index (χ4v) is 3.38. The molecule has 8 nitrogen and oxygen atoms in total. The topological polar surface area (TPSA) is 105 Å². The average molecular weight is 407 g/mol. The van der Waals surface area contributed by atoms with Crippen LogP contribution in [0, 0.1) is 0 Å². The Labute approximate surface area is 173 Å². The van der Waals surface area contributed by atoms with Gasteiger partial charge in [-0.2, -0.15) is 5.10 Å². The third-order valence-electron chi connectivity index (χ3n) is 4.86. The number of benzene rings is 2. The van der Waals surface area contributed by atoms with Crippen LogP contribution in [0.15, 0.2) is 54.6 Å². The normalized spacial score (nSPS) is 12.9. The van der Waals surface area contributed by atoms with Crippen molar-refractivity contribution in [2.45, 2.75) is 13.0 Å². The monoisotopic (exact) mass is 407 g/mol. The predicted molar refractivity (Wildman–Crippen MR) is 108 cm³/mol. The third-order valence-corrected chi connectivity index (χ3v) is 4.86. The number of aromatic nitrogens is 2. The second-order valence-electron chi connectivity index (χ2n) is 6.91. The maximum Gasteiger partial charge on any atom is 0.341 e. The van der Waals surface area contributed by atoms with E-state index in [0.717, 1.165) is 22.5 Å². The lowest BCUT2D eigenvalue weighted by Gasteiger charge is -2.27. The van der Waals surface area contributed by atoms with Crippen molar-refractivity contribution in [3.05, 3.63) is 65.9 Å². The van der Waals surface area contributed by atoms with Crippen molar-refractivity contribution in [2.75, 3.05) is 19.8 Å². The van der Waals surface area contributed by atoms with Gasteiger partial charge in [0.15, 0.2) is 13.2 Å². The van der Waals surface area contributed by atoms with E-state index in [2.05, 4.69) is 10.2 Å². The number of rotatable bonds is 7. The van der Waals surface area contributed by atoms with Gasteiger partial charge in [0.05, 0.1) is 5.69 Å². The van der Waals surface area contributed by atoms with Crippen LogP contribution in [-0.4, -0.2) is 51.8 Å². The molecule has 8 heteroatoms. The van der Waals surface area contributed by atoms with Crippen molar-refractivity contribution in [3.63, 3.8) is 0 Å². The van der Waals surface area contributed by atoms with E-state index in [1.54, 1.807) is 29.2 Å². The summed E-state index contributed by atoms with van der Waals surface area (Å²) in [5.74, 6) is -0.374. The zero-order valence-electron chi connectivity index (χ0n) is 16.2. The summed E-state index contributed by atoms with van der Waals surface area (Å²) in [6.07, 6.45) is 0.708. The number of aliphatic carboxylic acids is 1. The first-order valence-corrected chi connectivity index (χ1v) is 9.57. The number of ether oxygens (including phenoxy) is 2. The van der Waals surface area contributed by atoms with Gasteiger partial charge in [-0.25, -0.2) is 4.79 Å². The molecule has 3 aromatic rings. The van der Waals surface area contributed by atoms with Gasteiger partial charge in [-0.3, -0.25) is 9.89 Å². The second-order valence-corrected chi connectivity index (χ2v) is 6.91. The Morgan fingerprint density at radius 3 is 2.50 bits per heavy atom. The van der Waals surface area contributed by atoms with Crippen LogP contribution in [0.2, 0.25) is 0 Å². The molecule has 1 amide bonds. The smallest absolute Gasteiger partial charge is 0.341 e. The number of carbonyl (C=O) groups excluding carboxylic acids is 1. The fraction of sp³-hybridized carbons (Fsp3) is 0.227. The summed E-state index contributed by atoms with van der Waals surface area (Å²) in [6, 6.07) is 16.5. The summed E-state index contributed by atoms with van der Waals surface area (Å²) in [6.45, 7) is 0.510. The van der Waals surface area contributed by atoms with E-state index in [1.807, 2.05) is 30.3 Å². The van der Waals surface area contributed by atoms with Crippen LogP contribution in [0.4, 0.5) is 0 Å². The van der Waals surface area contributed by atoms with Crippen molar-refractivity contribution in [3.8, 4) is 22.8 Å². The van der Waals surface area contributed by atoms with Crippen LogP contribution >= 0.6 is 0 Å². The molecule has 0 fully saturated rings. The lowest BCUT2D eigenvalue weighted by Crippen LogP contribution is -2.38. The molecule has 154 valence electrons. The fourth-order valence-electron chi connectivity index (χ4n) is 3.38. The Hall–Kier alpha value is -3.81. The van der Waals surface area contributed by atoms with E-state index >= 15 is 0 Å². The number of nitrogens with zero attached hydrogens (tertiary/aromatic N) is 2. The predicted octanol–water partition coefficient (Wildman–Crippen LogP) is 2.50. The van der Waals surface area contributed by atoms with Crippen molar-refractivity contribution < 1.29 is 24.2 Å². The molecule has 0 bridgehead atoms. The van der Waals surface area contributed by atoms with Gasteiger partial charge in [0.1, 0.15) is 11.5 Å². The SMILES string of the molecule is O=C(O)COc1cccc(OCC(=O)N2CCc3[nH]nc(-c4ccccc4)c3C2)c1. The molecule has 1 aromatic heterocycles. The van der Waals surface area contributed by atoms with Gasteiger partial charge in [-0.15, -0.1) is 0 Å². The number of hydrogen-bond acceptors (Lipinski definition) is 5. The van der Waals surface area contributed by atoms with Gasteiger partial charge in [0.25, 0.3) is 5.91 Å². The van der Waals surface area contributed by atoms with Crippen LogP contribution in [-0.2, 0) is 22.6 Å². The van der Waals surface area contributed by atoms with Crippen LogP contribution in [0.5, 0.6) is 11.5 Å². The molecule has 0 aliphatic carbocycles. The quantitative estimate of drug-likeness (QED) is 0.624. The highest BCUT2D eigenvalue weighted by Crippen LogP contribution is 2.28. The molecular weight excluding hydrogens is 386 g/mol. The molecule has 2 aromatic carbocycles. The summed E-state index contributed by atoms with van der Waals surface area (Å²) in [7, 11) is 0. The lowest BCUT2D eigenvalue weighted by molar-refractivity contribution is -0.139.